The highest BCUT2D eigenvalue weighted by molar-refractivity contribution is 5.86. The number of carboxylic acid groups (broad SMARTS) is 1. The van der Waals surface area contributed by atoms with Gasteiger partial charge in [-0.3, -0.25) is 4.79 Å². The van der Waals surface area contributed by atoms with Crippen molar-refractivity contribution in [1.82, 2.24) is 15.5 Å². The zero-order valence-corrected chi connectivity index (χ0v) is 12.9. The van der Waals surface area contributed by atoms with Crippen molar-refractivity contribution >= 4 is 17.9 Å². The van der Waals surface area contributed by atoms with E-state index in [9.17, 15) is 19.5 Å². The van der Waals surface area contributed by atoms with Crippen molar-refractivity contribution in [2.75, 3.05) is 13.1 Å². The number of carboxylic acids is 1. The number of urea groups is 1. The van der Waals surface area contributed by atoms with E-state index in [1.54, 1.807) is 4.90 Å². The number of piperidine rings is 1. The summed E-state index contributed by atoms with van der Waals surface area (Å²) in [5, 5.41) is 14.7. The maximum Gasteiger partial charge on any atom is 0.329 e. The molecule has 1 unspecified atom stereocenters. The van der Waals surface area contributed by atoms with E-state index in [1.807, 2.05) is 6.92 Å². The van der Waals surface area contributed by atoms with Gasteiger partial charge in [-0.1, -0.05) is 13.3 Å². The standard InChI is InChI=1S/C14H25N3O4/c1-4-7-14(3,12(19)20)16-13(21)17-8-5-11(6-9-17)15-10(2)18/h11H,4-9H2,1-3H3,(H,15,18)(H,16,21)(H,19,20). The van der Waals surface area contributed by atoms with Crippen LogP contribution in [0.15, 0.2) is 0 Å². The molecule has 1 saturated heterocycles. The summed E-state index contributed by atoms with van der Waals surface area (Å²) in [5.74, 6) is -1.09. The van der Waals surface area contributed by atoms with Gasteiger partial charge in [0.05, 0.1) is 0 Å². The molecular weight excluding hydrogens is 274 g/mol. The molecule has 120 valence electrons. The SMILES string of the molecule is CCCC(C)(NC(=O)N1CCC(NC(C)=O)CC1)C(=O)O. The molecule has 1 aliphatic heterocycles. The van der Waals surface area contributed by atoms with Crippen LogP contribution in [0.3, 0.4) is 0 Å². The van der Waals surface area contributed by atoms with Gasteiger partial charge < -0.3 is 20.6 Å². The van der Waals surface area contributed by atoms with Crippen molar-refractivity contribution in [3.63, 3.8) is 0 Å². The lowest BCUT2D eigenvalue weighted by molar-refractivity contribution is -0.144. The maximum absolute atomic E-state index is 12.2. The second kappa shape index (κ2) is 7.28. The molecule has 21 heavy (non-hydrogen) atoms. The molecule has 1 aliphatic rings. The number of rotatable bonds is 5. The van der Waals surface area contributed by atoms with Crippen LogP contribution in [0.4, 0.5) is 4.79 Å². The third kappa shape index (κ3) is 4.91. The molecular formula is C14H25N3O4. The van der Waals surface area contributed by atoms with E-state index in [4.69, 9.17) is 0 Å². The molecule has 0 aromatic heterocycles. The molecule has 0 saturated carbocycles. The van der Waals surface area contributed by atoms with Gasteiger partial charge in [0.2, 0.25) is 5.91 Å². The van der Waals surface area contributed by atoms with Gasteiger partial charge in [-0.15, -0.1) is 0 Å². The van der Waals surface area contributed by atoms with E-state index in [2.05, 4.69) is 10.6 Å². The molecule has 7 heteroatoms. The first-order chi connectivity index (χ1) is 9.78. The lowest BCUT2D eigenvalue weighted by Gasteiger charge is -2.35. The zero-order chi connectivity index (χ0) is 16.0. The Balaban J connectivity index is 2.53. The molecule has 0 bridgehead atoms. The molecule has 0 aliphatic carbocycles. The Hall–Kier alpha value is -1.79. The van der Waals surface area contributed by atoms with Gasteiger partial charge in [-0.2, -0.15) is 0 Å². The summed E-state index contributed by atoms with van der Waals surface area (Å²) in [7, 11) is 0. The number of carbonyl (C=O) groups excluding carboxylic acids is 2. The summed E-state index contributed by atoms with van der Waals surface area (Å²) in [4.78, 5) is 36.1. The number of hydrogen-bond donors (Lipinski definition) is 3. The Morgan fingerprint density at radius 1 is 1.29 bits per heavy atom. The van der Waals surface area contributed by atoms with Crippen LogP contribution in [0.5, 0.6) is 0 Å². The summed E-state index contributed by atoms with van der Waals surface area (Å²) in [5.41, 5.74) is -1.24. The van der Waals surface area contributed by atoms with Crippen molar-refractivity contribution in [3.05, 3.63) is 0 Å². The Morgan fingerprint density at radius 3 is 2.29 bits per heavy atom. The minimum Gasteiger partial charge on any atom is -0.480 e. The average Bonchev–Trinajstić information content (AvgIpc) is 2.38. The van der Waals surface area contributed by atoms with Crippen LogP contribution < -0.4 is 10.6 Å². The van der Waals surface area contributed by atoms with Gasteiger partial charge in [0.1, 0.15) is 5.54 Å². The normalized spacial score (nSPS) is 18.7. The second-order valence-corrected chi connectivity index (χ2v) is 5.78. The number of amides is 3. The Kier molecular flexibility index (Phi) is 5.99. The second-order valence-electron chi connectivity index (χ2n) is 5.78. The first-order valence-electron chi connectivity index (χ1n) is 7.36. The summed E-state index contributed by atoms with van der Waals surface area (Å²) in [6.07, 6.45) is 2.43. The largest absolute Gasteiger partial charge is 0.480 e. The van der Waals surface area contributed by atoms with Crippen LogP contribution in [-0.4, -0.2) is 52.6 Å². The first-order valence-corrected chi connectivity index (χ1v) is 7.36. The van der Waals surface area contributed by atoms with Crippen molar-refractivity contribution < 1.29 is 19.5 Å². The smallest absolute Gasteiger partial charge is 0.329 e. The van der Waals surface area contributed by atoms with Gasteiger partial charge in [-0.25, -0.2) is 9.59 Å². The fourth-order valence-corrected chi connectivity index (χ4v) is 2.55. The molecule has 0 aromatic rings. The highest BCUT2D eigenvalue weighted by Crippen LogP contribution is 2.15. The van der Waals surface area contributed by atoms with Crippen LogP contribution >= 0.6 is 0 Å². The van der Waals surface area contributed by atoms with Crippen molar-refractivity contribution in [1.29, 1.82) is 0 Å². The van der Waals surface area contributed by atoms with Crippen LogP contribution in [0.2, 0.25) is 0 Å². The van der Waals surface area contributed by atoms with Gasteiger partial charge in [0.15, 0.2) is 0 Å². The summed E-state index contributed by atoms with van der Waals surface area (Å²) >= 11 is 0. The molecule has 1 fully saturated rings. The first kappa shape index (κ1) is 17.3. The fourth-order valence-electron chi connectivity index (χ4n) is 2.55. The molecule has 3 amide bonds. The van der Waals surface area contributed by atoms with E-state index < -0.39 is 11.5 Å². The fraction of sp³-hybridized carbons (Fsp3) is 0.786. The summed E-state index contributed by atoms with van der Waals surface area (Å²) < 4.78 is 0. The minimum atomic E-state index is -1.24. The quantitative estimate of drug-likeness (QED) is 0.703. The molecule has 0 spiro atoms. The van der Waals surface area contributed by atoms with Crippen LogP contribution in [-0.2, 0) is 9.59 Å². The predicted molar refractivity (Wildman–Crippen MR) is 77.9 cm³/mol. The number of nitrogens with one attached hydrogen (secondary N) is 2. The molecule has 0 radical (unpaired) electrons. The molecule has 0 aromatic carbocycles. The minimum absolute atomic E-state index is 0.0701. The van der Waals surface area contributed by atoms with E-state index >= 15 is 0 Å². The highest BCUT2D eigenvalue weighted by Gasteiger charge is 2.35. The third-order valence-corrected chi connectivity index (χ3v) is 3.79. The van der Waals surface area contributed by atoms with Crippen molar-refractivity contribution in [3.8, 4) is 0 Å². The van der Waals surface area contributed by atoms with Crippen LogP contribution in [0, 0.1) is 0 Å². The number of likely N-dealkylation sites (tertiary alicyclic amines) is 1. The molecule has 3 N–H and O–H groups in total. The molecule has 1 heterocycles. The zero-order valence-electron chi connectivity index (χ0n) is 12.9. The van der Waals surface area contributed by atoms with E-state index in [0.717, 1.165) is 0 Å². The molecule has 1 atom stereocenters. The van der Waals surface area contributed by atoms with Crippen molar-refractivity contribution in [2.24, 2.45) is 0 Å². The highest BCUT2D eigenvalue weighted by atomic mass is 16.4. The summed E-state index contributed by atoms with van der Waals surface area (Å²) in [6.45, 7) is 5.91. The van der Waals surface area contributed by atoms with E-state index in [-0.39, 0.29) is 18.0 Å². The monoisotopic (exact) mass is 299 g/mol. The van der Waals surface area contributed by atoms with Gasteiger partial charge >= 0.3 is 12.0 Å². The molecule has 7 nitrogen and oxygen atoms in total. The summed E-state index contributed by atoms with van der Waals surface area (Å²) in [6, 6.07) is -0.261. The van der Waals surface area contributed by atoms with Crippen molar-refractivity contribution in [2.45, 2.75) is 58.0 Å². The van der Waals surface area contributed by atoms with Gasteiger partial charge in [-0.05, 0) is 26.2 Å². The van der Waals surface area contributed by atoms with Gasteiger partial charge in [0.25, 0.3) is 0 Å². The van der Waals surface area contributed by atoms with Crippen LogP contribution in [0.25, 0.3) is 0 Å². The number of carbonyl (C=O) groups is 3. The predicted octanol–water partition coefficient (Wildman–Crippen LogP) is 0.940. The lowest BCUT2D eigenvalue weighted by atomic mass is 9.96. The van der Waals surface area contributed by atoms with E-state index in [1.165, 1.54) is 13.8 Å². The average molecular weight is 299 g/mol. The Labute approximate surface area is 125 Å². The van der Waals surface area contributed by atoms with Crippen LogP contribution in [0.1, 0.15) is 46.5 Å². The number of nitrogens with zero attached hydrogens (tertiary/aromatic N) is 1. The topological polar surface area (TPSA) is 98.7 Å². The Morgan fingerprint density at radius 2 is 1.86 bits per heavy atom. The van der Waals surface area contributed by atoms with Gasteiger partial charge in [0, 0.05) is 26.1 Å². The maximum atomic E-state index is 12.2. The third-order valence-electron chi connectivity index (χ3n) is 3.79. The molecule has 1 rings (SSSR count). The lowest BCUT2D eigenvalue weighted by Crippen LogP contribution is -2.58. The Bertz CT molecular complexity index is 405. The number of hydrogen-bond acceptors (Lipinski definition) is 3. The van der Waals surface area contributed by atoms with E-state index in [0.29, 0.717) is 38.8 Å². The number of aliphatic carboxylic acids is 1.